The molecular weight excluding hydrogens is 312 g/mol. The highest BCUT2D eigenvalue weighted by Gasteiger charge is 2.22. The number of aromatic nitrogens is 1. The fourth-order valence-corrected chi connectivity index (χ4v) is 3.14. The lowest BCUT2D eigenvalue weighted by molar-refractivity contribution is 0.142. The lowest BCUT2D eigenvalue weighted by Gasteiger charge is -2.34. The van der Waals surface area contributed by atoms with Gasteiger partial charge in [-0.2, -0.15) is 0 Å². The standard InChI is InChI=1S/C20H26N4O/c1-16(2)18-8-3-4-9-19(18)22-20(25)24-13-11-23(12-14-24)15-17-7-5-6-10-21-17/h3-10,16H,11-15H2,1-2H3,(H,22,25). The lowest BCUT2D eigenvalue weighted by Crippen LogP contribution is -2.49. The maximum absolute atomic E-state index is 12.6. The molecule has 3 rings (SSSR count). The van der Waals surface area contributed by atoms with E-state index < -0.39 is 0 Å². The lowest BCUT2D eigenvalue weighted by atomic mass is 10.0. The highest BCUT2D eigenvalue weighted by atomic mass is 16.2. The summed E-state index contributed by atoms with van der Waals surface area (Å²) in [4.78, 5) is 21.2. The van der Waals surface area contributed by atoms with Crippen LogP contribution in [-0.4, -0.2) is 47.0 Å². The number of nitrogens with zero attached hydrogens (tertiary/aromatic N) is 3. The average molecular weight is 338 g/mol. The third-order valence-electron chi connectivity index (χ3n) is 4.60. The van der Waals surface area contributed by atoms with Crippen LogP contribution in [-0.2, 0) is 6.54 Å². The summed E-state index contributed by atoms with van der Waals surface area (Å²) in [5.41, 5.74) is 3.16. The fraction of sp³-hybridized carbons (Fsp3) is 0.400. The van der Waals surface area contributed by atoms with Crippen molar-refractivity contribution in [3.05, 3.63) is 59.9 Å². The molecule has 1 aromatic carbocycles. The van der Waals surface area contributed by atoms with E-state index in [0.29, 0.717) is 5.92 Å². The monoisotopic (exact) mass is 338 g/mol. The smallest absolute Gasteiger partial charge is 0.321 e. The molecule has 0 unspecified atom stereocenters. The number of urea groups is 1. The molecule has 5 nitrogen and oxygen atoms in total. The minimum Gasteiger partial charge on any atom is -0.322 e. The Morgan fingerprint density at radius 2 is 1.80 bits per heavy atom. The number of pyridine rings is 1. The van der Waals surface area contributed by atoms with E-state index in [4.69, 9.17) is 0 Å². The van der Waals surface area contributed by atoms with Gasteiger partial charge in [-0.05, 0) is 29.7 Å². The van der Waals surface area contributed by atoms with Gasteiger partial charge in [-0.3, -0.25) is 9.88 Å². The number of para-hydroxylation sites is 1. The second kappa shape index (κ2) is 8.12. The Morgan fingerprint density at radius 1 is 1.08 bits per heavy atom. The second-order valence-corrected chi connectivity index (χ2v) is 6.76. The van der Waals surface area contributed by atoms with Gasteiger partial charge in [0, 0.05) is 44.6 Å². The van der Waals surface area contributed by atoms with E-state index in [0.717, 1.165) is 44.1 Å². The van der Waals surface area contributed by atoms with Gasteiger partial charge in [-0.1, -0.05) is 38.1 Å². The maximum Gasteiger partial charge on any atom is 0.321 e. The molecular formula is C20H26N4O. The van der Waals surface area contributed by atoms with Gasteiger partial charge in [-0.25, -0.2) is 4.79 Å². The van der Waals surface area contributed by atoms with Crippen molar-refractivity contribution >= 4 is 11.7 Å². The van der Waals surface area contributed by atoms with Crippen LogP contribution in [0, 0.1) is 0 Å². The van der Waals surface area contributed by atoms with Crippen molar-refractivity contribution < 1.29 is 4.79 Å². The van der Waals surface area contributed by atoms with Crippen LogP contribution in [0.2, 0.25) is 0 Å². The van der Waals surface area contributed by atoms with Gasteiger partial charge in [-0.15, -0.1) is 0 Å². The number of hydrogen-bond acceptors (Lipinski definition) is 3. The first-order chi connectivity index (χ1) is 12.1. The van der Waals surface area contributed by atoms with Crippen LogP contribution >= 0.6 is 0 Å². The summed E-state index contributed by atoms with van der Waals surface area (Å²) < 4.78 is 0. The number of anilines is 1. The first-order valence-electron chi connectivity index (χ1n) is 8.90. The Bertz CT molecular complexity index is 694. The molecule has 2 heterocycles. The SMILES string of the molecule is CC(C)c1ccccc1NC(=O)N1CCN(Cc2ccccn2)CC1. The predicted octanol–water partition coefficient (Wildman–Crippen LogP) is 3.55. The van der Waals surface area contributed by atoms with E-state index in [1.54, 1.807) is 0 Å². The molecule has 0 aliphatic carbocycles. The Hall–Kier alpha value is -2.40. The number of benzene rings is 1. The van der Waals surface area contributed by atoms with Crippen molar-refractivity contribution in [1.29, 1.82) is 0 Å². The zero-order chi connectivity index (χ0) is 17.6. The highest BCUT2D eigenvalue weighted by molar-refractivity contribution is 5.90. The van der Waals surface area contributed by atoms with Gasteiger partial charge in [0.05, 0.1) is 5.69 Å². The largest absolute Gasteiger partial charge is 0.322 e. The Morgan fingerprint density at radius 3 is 2.48 bits per heavy atom. The van der Waals surface area contributed by atoms with Crippen molar-refractivity contribution in [1.82, 2.24) is 14.8 Å². The van der Waals surface area contributed by atoms with Crippen LogP contribution < -0.4 is 5.32 Å². The van der Waals surface area contributed by atoms with E-state index in [9.17, 15) is 4.79 Å². The summed E-state index contributed by atoms with van der Waals surface area (Å²) in [5, 5.41) is 3.08. The van der Waals surface area contributed by atoms with E-state index in [1.807, 2.05) is 47.5 Å². The molecule has 1 aromatic heterocycles. The van der Waals surface area contributed by atoms with E-state index in [2.05, 4.69) is 35.1 Å². The molecule has 25 heavy (non-hydrogen) atoms. The zero-order valence-electron chi connectivity index (χ0n) is 15.0. The Kier molecular flexibility index (Phi) is 5.66. The molecule has 1 aliphatic rings. The number of carbonyl (C=O) groups excluding carboxylic acids is 1. The Balaban J connectivity index is 1.54. The first-order valence-corrected chi connectivity index (χ1v) is 8.90. The summed E-state index contributed by atoms with van der Waals surface area (Å²) in [6.45, 7) is 8.34. The van der Waals surface area contributed by atoms with Crippen LogP contribution in [0.4, 0.5) is 10.5 Å². The Labute approximate surface area is 149 Å². The summed E-state index contributed by atoms with van der Waals surface area (Å²) in [6.07, 6.45) is 1.82. The van der Waals surface area contributed by atoms with Gasteiger partial charge >= 0.3 is 6.03 Å². The summed E-state index contributed by atoms with van der Waals surface area (Å²) in [7, 11) is 0. The quantitative estimate of drug-likeness (QED) is 0.927. The minimum absolute atomic E-state index is 0.00872. The van der Waals surface area contributed by atoms with Crippen LogP contribution in [0.5, 0.6) is 0 Å². The number of carbonyl (C=O) groups is 1. The van der Waals surface area contributed by atoms with Gasteiger partial charge in [0.15, 0.2) is 0 Å². The first kappa shape index (κ1) is 17.4. The molecule has 0 saturated carbocycles. The molecule has 1 N–H and O–H groups in total. The third-order valence-corrected chi connectivity index (χ3v) is 4.60. The minimum atomic E-state index is -0.00872. The van der Waals surface area contributed by atoms with Crippen LogP contribution in [0.3, 0.4) is 0 Å². The average Bonchev–Trinajstić information content (AvgIpc) is 2.63. The molecule has 2 amide bonds. The fourth-order valence-electron chi connectivity index (χ4n) is 3.14. The molecule has 2 aromatic rings. The highest BCUT2D eigenvalue weighted by Crippen LogP contribution is 2.24. The summed E-state index contributed by atoms with van der Waals surface area (Å²) >= 11 is 0. The normalized spacial score (nSPS) is 15.4. The van der Waals surface area contributed by atoms with Crippen molar-refractivity contribution in [2.45, 2.75) is 26.3 Å². The van der Waals surface area contributed by atoms with Crippen molar-refractivity contribution in [2.24, 2.45) is 0 Å². The van der Waals surface area contributed by atoms with Gasteiger partial charge in [0.25, 0.3) is 0 Å². The molecule has 0 atom stereocenters. The van der Waals surface area contributed by atoms with Crippen molar-refractivity contribution in [3.63, 3.8) is 0 Å². The molecule has 1 fully saturated rings. The molecule has 5 heteroatoms. The number of hydrogen-bond donors (Lipinski definition) is 1. The van der Waals surface area contributed by atoms with Gasteiger partial charge < -0.3 is 10.2 Å². The van der Waals surface area contributed by atoms with Crippen molar-refractivity contribution in [2.75, 3.05) is 31.5 Å². The number of rotatable bonds is 4. The number of amides is 2. The summed E-state index contributed by atoms with van der Waals surface area (Å²) in [5.74, 6) is 0.381. The molecule has 1 saturated heterocycles. The van der Waals surface area contributed by atoms with Crippen LogP contribution in [0.15, 0.2) is 48.7 Å². The van der Waals surface area contributed by atoms with Gasteiger partial charge in [0.1, 0.15) is 0 Å². The predicted molar refractivity (Wildman–Crippen MR) is 101 cm³/mol. The van der Waals surface area contributed by atoms with Crippen LogP contribution in [0.25, 0.3) is 0 Å². The van der Waals surface area contributed by atoms with E-state index in [-0.39, 0.29) is 6.03 Å². The van der Waals surface area contributed by atoms with Crippen LogP contribution in [0.1, 0.15) is 31.0 Å². The van der Waals surface area contributed by atoms with Gasteiger partial charge in [0.2, 0.25) is 0 Å². The topological polar surface area (TPSA) is 48.5 Å². The number of piperazine rings is 1. The molecule has 0 bridgehead atoms. The van der Waals surface area contributed by atoms with Crippen molar-refractivity contribution in [3.8, 4) is 0 Å². The van der Waals surface area contributed by atoms with E-state index >= 15 is 0 Å². The molecule has 132 valence electrons. The van der Waals surface area contributed by atoms with E-state index in [1.165, 1.54) is 5.56 Å². The summed E-state index contributed by atoms with van der Waals surface area (Å²) in [6, 6.07) is 14.0. The molecule has 1 aliphatic heterocycles. The third kappa shape index (κ3) is 4.57. The number of nitrogens with one attached hydrogen (secondary N) is 1. The zero-order valence-corrected chi connectivity index (χ0v) is 15.0. The molecule has 0 radical (unpaired) electrons. The maximum atomic E-state index is 12.6. The molecule has 0 spiro atoms. The second-order valence-electron chi connectivity index (χ2n) is 6.76.